The van der Waals surface area contributed by atoms with E-state index in [0.717, 1.165) is 5.56 Å². The number of hydrogen-bond donors (Lipinski definition) is 0. The van der Waals surface area contributed by atoms with Crippen LogP contribution in [0.1, 0.15) is 30.9 Å². The van der Waals surface area contributed by atoms with E-state index in [1.807, 2.05) is 0 Å². The van der Waals surface area contributed by atoms with Crippen LogP contribution in [0.5, 0.6) is 0 Å². The molecule has 4 nitrogen and oxygen atoms in total. The van der Waals surface area contributed by atoms with Crippen LogP contribution in [0.4, 0.5) is 8.78 Å². The molecule has 1 aliphatic heterocycles. The zero-order chi connectivity index (χ0) is 18.5. The Kier molecular flexibility index (Phi) is 5.61. The van der Waals surface area contributed by atoms with Gasteiger partial charge in [-0.05, 0) is 29.8 Å². The topological polar surface area (TPSA) is 41.9 Å². The first-order valence-corrected chi connectivity index (χ1v) is 8.56. The predicted molar refractivity (Wildman–Crippen MR) is 94.5 cm³/mol. The van der Waals surface area contributed by atoms with Gasteiger partial charge in [0.25, 0.3) is 0 Å². The van der Waals surface area contributed by atoms with Crippen molar-refractivity contribution < 1.29 is 18.4 Å². The number of rotatable bonds is 6. The van der Waals surface area contributed by atoms with Crippen molar-refractivity contribution in [3.63, 3.8) is 0 Å². The van der Waals surface area contributed by atoms with Gasteiger partial charge in [-0.2, -0.15) is 0 Å². The number of nitrogens with zero attached hydrogens (tertiary/aromatic N) is 2. The van der Waals surface area contributed by atoms with E-state index in [0.29, 0.717) is 37.2 Å². The van der Waals surface area contributed by atoms with Crippen LogP contribution in [0.25, 0.3) is 0 Å². The maximum atomic E-state index is 13.4. The summed E-state index contributed by atoms with van der Waals surface area (Å²) in [5.74, 6) is -0.708. The van der Waals surface area contributed by atoms with Crippen LogP contribution in [0, 0.1) is 11.6 Å². The van der Waals surface area contributed by atoms with E-state index in [2.05, 4.69) is 5.16 Å². The molecule has 1 atom stereocenters. The van der Waals surface area contributed by atoms with Gasteiger partial charge in [0, 0.05) is 24.9 Å². The van der Waals surface area contributed by atoms with Crippen molar-refractivity contribution in [1.82, 2.24) is 4.90 Å². The van der Waals surface area contributed by atoms with Crippen molar-refractivity contribution in [1.29, 1.82) is 0 Å². The van der Waals surface area contributed by atoms with Crippen LogP contribution in [-0.2, 0) is 16.2 Å². The summed E-state index contributed by atoms with van der Waals surface area (Å²) in [5.41, 5.74) is 2.05. The molecule has 0 bridgehead atoms. The first kappa shape index (κ1) is 18.0. The van der Waals surface area contributed by atoms with Gasteiger partial charge in [0.05, 0.1) is 12.3 Å². The standard InChI is InChI=1S/C20H20F2N2O2/c1-2-20(25)24(12-14-5-3-7-16(21)9-14)13-18-11-19(23-26-18)15-6-4-8-17(22)10-15/h3-10,18H,2,11-13H2,1H3/t18-/m1/s1. The van der Waals surface area contributed by atoms with Gasteiger partial charge in [-0.25, -0.2) is 8.78 Å². The third-order valence-electron chi connectivity index (χ3n) is 4.23. The number of benzene rings is 2. The van der Waals surface area contributed by atoms with E-state index < -0.39 is 0 Å². The molecule has 0 unspecified atom stereocenters. The average molecular weight is 358 g/mol. The molecule has 0 fully saturated rings. The second kappa shape index (κ2) is 8.08. The lowest BCUT2D eigenvalue weighted by Gasteiger charge is -2.24. The molecule has 0 radical (unpaired) electrons. The minimum Gasteiger partial charge on any atom is -0.390 e. The van der Waals surface area contributed by atoms with Gasteiger partial charge in [-0.15, -0.1) is 0 Å². The Morgan fingerprint density at radius 3 is 2.62 bits per heavy atom. The quantitative estimate of drug-likeness (QED) is 0.786. The molecule has 1 heterocycles. The fourth-order valence-electron chi connectivity index (χ4n) is 2.94. The Balaban J connectivity index is 1.66. The summed E-state index contributed by atoms with van der Waals surface area (Å²) in [7, 11) is 0. The summed E-state index contributed by atoms with van der Waals surface area (Å²) in [6.45, 7) is 2.43. The van der Waals surface area contributed by atoms with E-state index in [9.17, 15) is 13.6 Å². The minimum absolute atomic E-state index is 0.0444. The highest BCUT2D eigenvalue weighted by Crippen LogP contribution is 2.19. The van der Waals surface area contributed by atoms with E-state index in [-0.39, 0.29) is 23.6 Å². The van der Waals surface area contributed by atoms with Gasteiger partial charge < -0.3 is 9.74 Å². The fourth-order valence-corrected chi connectivity index (χ4v) is 2.94. The van der Waals surface area contributed by atoms with Gasteiger partial charge in [0.1, 0.15) is 11.6 Å². The Hall–Kier alpha value is -2.76. The summed E-state index contributed by atoms with van der Waals surface area (Å²) in [5, 5.41) is 4.04. The molecule has 136 valence electrons. The molecular formula is C20H20F2N2O2. The fraction of sp³-hybridized carbons (Fsp3) is 0.300. The number of oxime groups is 1. The predicted octanol–water partition coefficient (Wildman–Crippen LogP) is 3.90. The summed E-state index contributed by atoms with van der Waals surface area (Å²) in [4.78, 5) is 19.4. The van der Waals surface area contributed by atoms with Gasteiger partial charge >= 0.3 is 0 Å². The Labute approximate surface area is 151 Å². The Bertz CT molecular complexity index is 823. The van der Waals surface area contributed by atoms with Gasteiger partial charge in [-0.1, -0.05) is 36.3 Å². The lowest BCUT2D eigenvalue weighted by atomic mass is 10.0. The highest BCUT2D eigenvalue weighted by atomic mass is 19.1. The van der Waals surface area contributed by atoms with E-state index >= 15 is 0 Å². The normalized spacial score (nSPS) is 16.1. The smallest absolute Gasteiger partial charge is 0.222 e. The molecule has 0 aliphatic carbocycles. The summed E-state index contributed by atoms with van der Waals surface area (Å²) in [6.07, 6.45) is 0.525. The largest absolute Gasteiger partial charge is 0.390 e. The molecule has 2 aromatic carbocycles. The second-order valence-corrected chi connectivity index (χ2v) is 6.24. The van der Waals surface area contributed by atoms with Crippen molar-refractivity contribution in [2.24, 2.45) is 5.16 Å². The van der Waals surface area contributed by atoms with E-state index in [1.165, 1.54) is 24.3 Å². The van der Waals surface area contributed by atoms with Gasteiger partial charge in [0.2, 0.25) is 5.91 Å². The molecule has 1 amide bonds. The molecule has 0 saturated carbocycles. The molecular weight excluding hydrogens is 338 g/mol. The SMILES string of the molecule is CCC(=O)N(Cc1cccc(F)c1)C[C@H]1CC(c2cccc(F)c2)=NO1. The third-order valence-corrected chi connectivity index (χ3v) is 4.23. The Morgan fingerprint density at radius 2 is 1.92 bits per heavy atom. The zero-order valence-corrected chi connectivity index (χ0v) is 14.5. The Morgan fingerprint density at radius 1 is 1.19 bits per heavy atom. The zero-order valence-electron chi connectivity index (χ0n) is 14.5. The molecule has 0 N–H and O–H groups in total. The average Bonchev–Trinajstić information content (AvgIpc) is 3.09. The van der Waals surface area contributed by atoms with Crippen molar-refractivity contribution in [2.45, 2.75) is 32.4 Å². The molecule has 0 spiro atoms. The number of carbonyl (C=O) groups excluding carboxylic acids is 1. The monoisotopic (exact) mass is 358 g/mol. The molecule has 0 aromatic heterocycles. The highest BCUT2D eigenvalue weighted by Gasteiger charge is 2.26. The second-order valence-electron chi connectivity index (χ2n) is 6.24. The van der Waals surface area contributed by atoms with Crippen molar-refractivity contribution >= 4 is 11.6 Å². The third kappa shape index (κ3) is 4.45. The number of amides is 1. The minimum atomic E-state index is -0.333. The molecule has 0 saturated heterocycles. The summed E-state index contributed by atoms with van der Waals surface area (Å²) in [6, 6.07) is 12.4. The summed E-state index contributed by atoms with van der Waals surface area (Å²) < 4.78 is 26.8. The van der Waals surface area contributed by atoms with Crippen molar-refractivity contribution in [2.75, 3.05) is 6.54 Å². The van der Waals surface area contributed by atoms with Crippen LogP contribution >= 0.6 is 0 Å². The van der Waals surface area contributed by atoms with E-state index in [4.69, 9.17) is 4.84 Å². The van der Waals surface area contributed by atoms with E-state index in [1.54, 1.807) is 36.1 Å². The van der Waals surface area contributed by atoms with Crippen LogP contribution in [0.2, 0.25) is 0 Å². The first-order chi connectivity index (χ1) is 12.5. The van der Waals surface area contributed by atoms with Crippen LogP contribution in [0.3, 0.4) is 0 Å². The van der Waals surface area contributed by atoms with Gasteiger partial charge in [-0.3, -0.25) is 4.79 Å². The van der Waals surface area contributed by atoms with Crippen LogP contribution in [-0.4, -0.2) is 29.2 Å². The number of carbonyl (C=O) groups is 1. The summed E-state index contributed by atoms with van der Waals surface area (Å²) >= 11 is 0. The van der Waals surface area contributed by atoms with Crippen molar-refractivity contribution in [3.8, 4) is 0 Å². The maximum absolute atomic E-state index is 13.4. The number of hydrogen-bond acceptors (Lipinski definition) is 3. The highest BCUT2D eigenvalue weighted by molar-refractivity contribution is 6.01. The van der Waals surface area contributed by atoms with Crippen LogP contribution < -0.4 is 0 Å². The molecule has 3 rings (SSSR count). The van der Waals surface area contributed by atoms with Crippen molar-refractivity contribution in [3.05, 3.63) is 71.3 Å². The number of halogens is 2. The lowest BCUT2D eigenvalue weighted by Crippen LogP contribution is -2.36. The molecule has 2 aromatic rings. The van der Waals surface area contributed by atoms with Gasteiger partial charge in [0.15, 0.2) is 6.10 Å². The molecule has 26 heavy (non-hydrogen) atoms. The molecule has 1 aliphatic rings. The first-order valence-electron chi connectivity index (χ1n) is 8.56. The maximum Gasteiger partial charge on any atom is 0.222 e. The van der Waals surface area contributed by atoms with Crippen LogP contribution in [0.15, 0.2) is 53.7 Å². The lowest BCUT2D eigenvalue weighted by molar-refractivity contribution is -0.133. The molecule has 6 heteroatoms.